The minimum Gasteiger partial charge on any atom is -0.475 e. The summed E-state index contributed by atoms with van der Waals surface area (Å²) in [4.78, 5) is 38.4. The molecule has 13 heteroatoms. The van der Waals surface area contributed by atoms with E-state index in [0.29, 0.717) is 29.5 Å². The highest BCUT2D eigenvalue weighted by Crippen LogP contribution is 2.26. The first-order valence-electron chi connectivity index (χ1n) is 10.9. The normalized spacial score (nSPS) is 19.2. The van der Waals surface area contributed by atoms with Gasteiger partial charge in [-0.1, -0.05) is 17.7 Å². The minimum atomic E-state index is -5.08. The number of rotatable bonds is 3. The van der Waals surface area contributed by atoms with E-state index in [2.05, 4.69) is 10.3 Å². The van der Waals surface area contributed by atoms with Crippen molar-refractivity contribution in [1.82, 2.24) is 19.6 Å². The van der Waals surface area contributed by atoms with Gasteiger partial charge in [0.15, 0.2) is 0 Å². The van der Waals surface area contributed by atoms with E-state index in [-0.39, 0.29) is 23.1 Å². The monoisotopic (exact) mass is 528 g/mol. The predicted octanol–water partition coefficient (Wildman–Crippen LogP) is 3.22. The average molecular weight is 529 g/mol. The molecule has 5 heterocycles. The van der Waals surface area contributed by atoms with Crippen molar-refractivity contribution in [2.24, 2.45) is 0 Å². The molecule has 3 aromatic rings. The Morgan fingerprint density at radius 2 is 1.92 bits per heavy atom. The Labute approximate surface area is 206 Å². The maximum absolute atomic E-state index is 14.5. The number of carboxylic acid groups (broad SMARTS) is 1. The second-order valence-corrected chi connectivity index (χ2v) is 9.05. The number of H-pyrrole nitrogens is 1. The molecule has 8 nitrogen and oxygen atoms in total. The zero-order valence-corrected chi connectivity index (χ0v) is 19.4. The van der Waals surface area contributed by atoms with Crippen molar-refractivity contribution >= 4 is 29.0 Å². The van der Waals surface area contributed by atoms with Crippen molar-refractivity contribution in [3.8, 4) is 0 Å². The predicted molar refractivity (Wildman–Crippen MR) is 122 cm³/mol. The summed E-state index contributed by atoms with van der Waals surface area (Å²) < 4.78 is 48.0. The summed E-state index contributed by atoms with van der Waals surface area (Å²) in [5, 5.41) is 11.0. The van der Waals surface area contributed by atoms with Gasteiger partial charge in [-0.15, -0.1) is 0 Å². The fraction of sp³-hybridized carbons (Fsp3) is 0.348. The van der Waals surface area contributed by atoms with Crippen molar-refractivity contribution in [1.29, 1.82) is 0 Å². The number of benzene rings is 1. The van der Waals surface area contributed by atoms with Gasteiger partial charge < -0.3 is 24.7 Å². The van der Waals surface area contributed by atoms with Crippen molar-refractivity contribution in [3.05, 3.63) is 74.7 Å². The summed E-state index contributed by atoms with van der Waals surface area (Å²) in [5.74, 6) is -3.52. The van der Waals surface area contributed by atoms with E-state index in [4.69, 9.17) is 21.5 Å². The Morgan fingerprint density at radius 3 is 2.50 bits per heavy atom. The van der Waals surface area contributed by atoms with Gasteiger partial charge in [0.25, 0.3) is 11.5 Å². The van der Waals surface area contributed by atoms with Crippen molar-refractivity contribution in [3.63, 3.8) is 0 Å². The number of alkyl halides is 3. The second kappa shape index (κ2) is 9.94. The van der Waals surface area contributed by atoms with Crippen LogP contribution in [-0.2, 0) is 11.2 Å². The van der Waals surface area contributed by atoms with Crippen LogP contribution in [0.5, 0.6) is 0 Å². The highest BCUT2D eigenvalue weighted by molar-refractivity contribution is 6.31. The number of hydrogen-bond donors (Lipinski definition) is 3. The third-order valence-corrected chi connectivity index (χ3v) is 6.40. The molecule has 2 unspecified atom stereocenters. The van der Waals surface area contributed by atoms with Gasteiger partial charge in [0, 0.05) is 49.7 Å². The quantitative estimate of drug-likeness (QED) is 0.453. The third-order valence-electron chi connectivity index (χ3n) is 6.20. The maximum Gasteiger partial charge on any atom is 0.490 e. The molecule has 3 aliphatic heterocycles. The van der Waals surface area contributed by atoms with Crippen molar-refractivity contribution in [2.75, 3.05) is 13.1 Å². The molecular weight excluding hydrogens is 508 g/mol. The standard InChI is InChI=1S/C21H20ClFN4O2.C2HF3O2/c22-13-7-19-20(28)25-9-16(26(19)10-13)5-12-1-4-18(23)17(6-12)21(29)27-11-14-2-3-15(27)8-24-14;3-2(4,5)1(6)7/h1,4,6-7,9-10,14-15,24H,2-3,5,8,11H2,(H,25,28);(H,6,7). The number of carbonyl (C=O) groups excluding carboxylic acids is 1. The van der Waals surface area contributed by atoms with Gasteiger partial charge in [0.1, 0.15) is 11.3 Å². The van der Waals surface area contributed by atoms with E-state index >= 15 is 0 Å². The van der Waals surface area contributed by atoms with Crippen molar-refractivity contribution in [2.45, 2.75) is 37.5 Å². The summed E-state index contributed by atoms with van der Waals surface area (Å²) in [6.07, 6.45) is 0.639. The number of aromatic nitrogens is 2. The maximum atomic E-state index is 14.5. The smallest absolute Gasteiger partial charge is 0.475 e. The fourth-order valence-electron chi connectivity index (χ4n) is 4.44. The zero-order chi connectivity index (χ0) is 26.2. The number of aliphatic carboxylic acids is 1. The van der Waals surface area contributed by atoms with Crippen LogP contribution in [0, 0.1) is 5.82 Å². The molecular formula is C23H21ClF4N4O4. The first-order chi connectivity index (χ1) is 16.9. The number of piperazine rings is 1. The molecule has 3 aliphatic rings. The molecule has 0 radical (unpaired) electrons. The van der Waals surface area contributed by atoms with Crippen LogP contribution in [-0.4, -0.2) is 62.6 Å². The topological polar surface area (TPSA) is 107 Å². The number of halogens is 5. The van der Waals surface area contributed by atoms with E-state index < -0.39 is 18.0 Å². The Morgan fingerprint density at radius 1 is 1.19 bits per heavy atom. The Balaban J connectivity index is 0.000000384. The molecule has 192 valence electrons. The molecule has 2 atom stereocenters. The van der Waals surface area contributed by atoms with Crippen LogP contribution in [0.2, 0.25) is 5.02 Å². The van der Waals surface area contributed by atoms with E-state index in [0.717, 1.165) is 30.6 Å². The molecule has 36 heavy (non-hydrogen) atoms. The number of aromatic amines is 1. The van der Waals surface area contributed by atoms with Crippen LogP contribution < -0.4 is 10.9 Å². The van der Waals surface area contributed by atoms with Crippen molar-refractivity contribution < 1.29 is 32.3 Å². The zero-order valence-electron chi connectivity index (χ0n) is 18.6. The second-order valence-electron chi connectivity index (χ2n) is 8.61. The third kappa shape index (κ3) is 5.39. The number of hydrogen-bond acceptors (Lipinski definition) is 4. The summed E-state index contributed by atoms with van der Waals surface area (Å²) in [7, 11) is 0. The van der Waals surface area contributed by atoms with Crippen LogP contribution in [0.25, 0.3) is 5.52 Å². The minimum absolute atomic E-state index is 0.0984. The Kier molecular flexibility index (Phi) is 7.10. The van der Waals surface area contributed by atoms with E-state index in [1.165, 1.54) is 6.07 Å². The Hall–Kier alpha value is -3.38. The van der Waals surface area contributed by atoms with Crippen LogP contribution in [0.15, 0.2) is 41.5 Å². The molecule has 0 aliphatic carbocycles. The highest BCUT2D eigenvalue weighted by atomic mass is 35.5. The first-order valence-corrected chi connectivity index (χ1v) is 11.3. The molecule has 2 bridgehead atoms. The molecule has 1 amide bonds. The summed E-state index contributed by atoms with van der Waals surface area (Å²) in [6.45, 7) is 1.39. The lowest BCUT2D eigenvalue weighted by molar-refractivity contribution is -0.192. The largest absolute Gasteiger partial charge is 0.490 e. The molecule has 6 rings (SSSR count). The number of nitrogens with one attached hydrogen (secondary N) is 2. The van der Waals surface area contributed by atoms with Crippen LogP contribution in [0.1, 0.15) is 34.5 Å². The molecule has 0 saturated carbocycles. The molecule has 3 N–H and O–H groups in total. The van der Waals surface area contributed by atoms with Crippen LogP contribution in [0.4, 0.5) is 17.6 Å². The van der Waals surface area contributed by atoms with Crippen LogP contribution in [0.3, 0.4) is 0 Å². The fourth-order valence-corrected chi connectivity index (χ4v) is 4.64. The summed E-state index contributed by atoms with van der Waals surface area (Å²) >= 11 is 6.06. The number of carbonyl (C=O) groups is 2. The lowest BCUT2D eigenvalue weighted by Gasteiger charge is -2.46. The molecule has 0 spiro atoms. The van der Waals surface area contributed by atoms with Gasteiger partial charge in [-0.3, -0.25) is 9.59 Å². The molecule has 1 aromatic carbocycles. The number of carboxylic acids is 1. The molecule has 3 saturated heterocycles. The molecule has 2 aromatic heterocycles. The SMILES string of the molecule is O=C(O)C(F)(F)F.O=C(c1cc(Cc2c[nH]c(=O)c3cc(Cl)cn23)ccc1F)N1CC2CCC1CN2. The number of piperidine rings is 2. The lowest BCUT2D eigenvalue weighted by atomic mass is 9.92. The molecule has 3 fully saturated rings. The number of nitrogens with zero attached hydrogens (tertiary/aromatic N) is 2. The van der Waals surface area contributed by atoms with Gasteiger partial charge in [-0.05, 0) is 36.6 Å². The van der Waals surface area contributed by atoms with Gasteiger partial charge in [-0.25, -0.2) is 9.18 Å². The van der Waals surface area contributed by atoms with Gasteiger partial charge in [0.2, 0.25) is 0 Å². The first kappa shape index (κ1) is 25.7. The van der Waals surface area contributed by atoms with E-state index in [9.17, 15) is 27.2 Å². The van der Waals surface area contributed by atoms with E-state index in [1.54, 1.807) is 39.9 Å². The summed E-state index contributed by atoms with van der Waals surface area (Å²) in [5.41, 5.74) is 1.89. The van der Waals surface area contributed by atoms with Gasteiger partial charge in [0.05, 0.1) is 10.6 Å². The average Bonchev–Trinajstić information content (AvgIpc) is 3.25. The summed E-state index contributed by atoms with van der Waals surface area (Å²) in [6, 6.07) is 6.64. The highest BCUT2D eigenvalue weighted by Gasteiger charge is 2.38. The lowest BCUT2D eigenvalue weighted by Crippen LogP contribution is -2.62. The number of amides is 1. The van der Waals surface area contributed by atoms with Crippen LogP contribution >= 0.6 is 11.6 Å². The van der Waals surface area contributed by atoms with E-state index in [1.807, 2.05) is 0 Å². The van der Waals surface area contributed by atoms with Gasteiger partial charge in [-0.2, -0.15) is 13.2 Å². The Bertz CT molecular complexity index is 1360. The number of fused-ring (bicyclic) bond motifs is 4. The van der Waals surface area contributed by atoms with Gasteiger partial charge >= 0.3 is 12.1 Å².